The van der Waals surface area contributed by atoms with Crippen LogP contribution in [0.25, 0.3) is 0 Å². The van der Waals surface area contributed by atoms with Gasteiger partial charge in [0.05, 0.1) is 6.54 Å². The van der Waals surface area contributed by atoms with E-state index in [0.717, 1.165) is 55.5 Å². The molecule has 1 fully saturated rings. The summed E-state index contributed by atoms with van der Waals surface area (Å²) in [4.78, 5) is 6.83. The lowest BCUT2D eigenvalue weighted by Gasteiger charge is -2.22. The molecule has 0 aromatic carbocycles. The number of aryl methyl sites for hydroxylation is 1. The van der Waals surface area contributed by atoms with Crippen molar-refractivity contribution in [1.29, 1.82) is 0 Å². The molecule has 1 aromatic heterocycles. The van der Waals surface area contributed by atoms with Crippen LogP contribution in [0.2, 0.25) is 0 Å². The molecule has 0 saturated carbocycles. The molecule has 0 aliphatic carbocycles. The van der Waals surface area contributed by atoms with Crippen LogP contribution in [-0.2, 0) is 19.5 Å². The Morgan fingerprint density at radius 2 is 2.23 bits per heavy atom. The number of aromatic nitrogens is 3. The molecule has 1 atom stereocenters. The zero-order valence-electron chi connectivity index (χ0n) is 14.0. The van der Waals surface area contributed by atoms with Crippen molar-refractivity contribution < 1.29 is 0 Å². The Morgan fingerprint density at radius 3 is 3.00 bits per heavy atom. The average Bonchev–Trinajstić information content (AvgIpc) is 3.16. The van der Waals surface area contributed by atoms with E-state index in [1.54, 1.807) is 0 Å². The summed E-state index contributed by atoms with van der Waals surface area (Å²) in [6.07, 6.45) is 4.84. The van der Waals surface area contributed by atoms with Crippen LogP contribution in [0.5, 0.6) is 0 Å². The number of nitrogens with one attached hydrogen (secondary N) is 1. The van der Waals surface area contributed by atoms with Gasteiger partial charge in [-0.15, -0.1) is 10.2 Å². The van der Waals surface area contributed by atoms with Gasteiger partial charge in [0.1, 0.15) is 5.82 Å². The number of likely N-dealkylation sites (tertiary alicyclic amines) is 1. The van der Waals surface area contributed by atoms with E-state index in [2.05, 4.69) is 43.8 Å². The van der Waals surface area contributed by atoms with Gasteiger partial charge in [-0.1, -0.05) is 13.8 Å². The van der Waals surface area contributed by atoms with Crippen molar-refractivity contribution >= 4 is 5.96 Å². The standard InChI is InChI=1S/C16H28N6/c1-12(2)9-13-6-8-21(11-13)16(17-3)18-10-15-20-19-14-5-4-7-22(14)15/h12-13H,4-11H2,1-3H3,(H,17,18). The number of nitrogens with zero attached hydrogens (tertiary/aromatic N) is 5. The number of rotatable bonds is 4. The van der Waals surface area contributed by atoms with E-state index in [1.807, 2.05) is 7.05 Å². The van der Waals surface area contributed by atoms with E-state index in [-0.39, 0.29) is 0 Å². The van der Waals surface area contributed by atoms with Crippen LogP contribution < -0.4 is 5.32 Å². The van der Waals surface area contributed by atoms with Crippen molar-refractivity contribution in [2.75, 3.05) is 20.1 Å². The van der Waals surface area contributed by atoms with Gasteiger partial charge in [-0.05, 0) is 31.1 Å². The molecule has 0 radical (unpaired) electrons. The van der Waals surface area contributed by atoms with Crippen molar-refractivity contribution in [2.45, 2.75) is 52.6 Å². The summed E-state index contributed by atoms with van der Waals surface area (Å²) in [6.45, 7) is 8.61. The maximum absolute atomic E-state index is 4.45. The third-order valence-corrected chi connectivity index (χ3v) is 4.69. The summed E-state index contributed by atoms with van der Waals surface area (Å²) in [5, 5.41) is 12.0. The molecule has 6 nitrogen and oxygen atoms in total. The lowest BCUT2D eigenvalue weighted by molar-refractivity contribution is 0.403. The Hall–Kier alpha value is -1.59. The van der Waals surface area contributed by atoms with E-state index in [4.69, 9.17) is 0 Å². The van der Waals surface area contributed by atoms with Crippen molar-refractivity contribution in [3.05, 3.63) is 11.6 Å². The normalized spacial score (nSPS) is 21.7. The van der Waals surface area contributed by atoms with Crippen molar-refractivity contribution in [2.24, 2.45) is 16.8 Å². The average molecular weight is 304 g/mol. The zero-order valence-corrected chi connectivity index (χ0v) is 14.0. The lowest BCUT2D eigenvalue weighted by Crippen LogP contribution is -2.40. The molecule has 0 bridgehead atoms. The monoisotopic (exact) mass is 304 g/mol. The summed E-state index contributed by atoms with van der Waals surface area (Å²) in [5.74, 6) is 4.74. The Bertz CT molecular complexity index is 533. The van der Waals surface area contributed by atoms with Crippen molar-refractivity contribution in [3.63, 3.8) is 0 Å². The van der Waals surface area contributed by atoms with E-state index >= 15 is 0 Å². The van der Waals surface area contributed by atoms with E-state index < -0.39 is 0 Å². The smallest absolute Gasteiger partial charge is 0.194 e. The van der Waals surface area contributed by atoms with Crippen LogP contribution in [-0.4, -0.2) is 45.8 Å². The first-order valence-electron chi connectivity index (χ1n) is 8.54. The maximum Gasteiger partial charge on any atom is 0.194 e. The molecule has 1 N–H and O–H groups in total. The highest BCUT2D eigenvalue weighted by atomic mass is 15.3. The first kappa shape index (κ1) is 15.3. The first-order chi connectivity index (χ1) is 10.7. The van der Waals surface area contributed by atoms with Gasteiger partial charge in [-0.3, -0.25) is 4.99 Å². The topological polar surface area (TPSA) is 58.3 Å². The molecule has 6 heteroatoms. The third-order valence-electron chi connectivity index (χ3n) is 4.69. The van der Waals surface area contributed by atoms with E-state index in [0.29, 0.717) is 6.54 Å². The number of hydrogen-bond acceptors (Lipinski definition) is 3. The van der Waals surface area contributed by atoms with Crippen LogP contribution in [0.1, 0.15) is 44.8 Å². The molecule has 2 aliphatic rings. The minimum atomic E-state index is 0.713. The number of hydrogen-bond donors (Lipinski definition) is 1. The fourth-order valence-corrected chi connectivity index (χ4v) is 3.72. The third kappa shape index (κ3) is 3.25. The van der Waals surface area contributed by atoms with Crippen LogP contribution >= 0.6 is 0 Å². The Labute approximate surface area is 133 Å². The molecule has 1 unspecified atom stereocenters. The molecule has 1 aromatic rings. The fourth-order valence-electron chi connectivity index (χ4n) is 3.72. The number of fused-ring (bicyclic) bond motifs is 1. The zero-order chi connectivity index (χ0) is 15.5. The molecule has 0 amide bonds. The molecule has 0 spiro atoms. The summed E-state index contributed by atoms with van der Waals surface area (Å²) < 4.78 is 2.24. The first-order valence-corrected chi connectivity index (χ1v) is 8.54. The van der Waals surface area contributed by atoms with Crippen LogP contribution in [0.15, 0.2) is 4.99 Å². The van der Waals surface area contributed by atoms with Gasteiger partial charge in [-0.25, -0.2) is 0 Å². The predicted molar refractivity (Wildman–Crippen MR) is 87.7 cm³/mol. The minimum Gasteiger partial charge on any atom is -0.349 e. The Kier molecular flexibility index (Phi) is 4.64. The van der Waals surface area contributed by atoms with Crippen LogP contribution in [0.4, 0.5) is 0 Å². The summed E-state index contributed by atoms with van der Waals surface area (Å²) in [5.41, 5.74) is 0. The van der Waals surface area contributed by atoms with Gasteiger partial charge in [0.2, 0.25) is 0 Å². The molecule has 3 heterocycles. The van der Waals surface area contributed by atoms with Gasteiger partial charge in [0.15, 0.2) is 11.8 Å². The predicted octanol–water partition coefficient (Wildman–Crippen LogP) is 1.67. The van der Waals surface area contributed by atoms with E-state index in [9.17, 15) is 0 Å². The van der Waals surface area contributed by atoms with Gasteiger partial charge in [0, 0.05) is 33.1 Å². The molecule has 1 saturated heterocycles. The number of guanidine groups is 1. The van der Waals surface area contributed by atoms with Gasteiger partial charge < -0.3 is 14.8 Å². The highest BCUT2D eigenvalue weighted by molar-refractivity contribution is 5.80. The number of aliphatic imine (C=N–C) groups is 1. The van der Waals surface area contributed by atoms with Crippen molar-refractivity contribution in [1.82, 2.24) is 25.0 Å². The Balaban J connectivity index is 1.54. The molecule has 2 aliphatic heterocycles. The molecule has 22 heavy (non-hydrogen) atoms. The van der Waals surface area contributed by atoms with Crippen LogP contribution in [0, 0.1) is 11.8 Å². The van der Waals surface area contributed by atoms with Gasteiger partial charge >= 0.3 is 0 Å². The molecular formula is C16H28N6. The molecular weight excluding hydrogens is 276 g/mol. The maximum atomic E-state index is 4.45. The second-order valence-electron chi connectivity index (χ2n) is 6.92. The van der Waals surface area contributed by atoms with E-state index in [1.165, 1.54) is 19.3 Å². The largest absolute Gasteiger partial charge is 0.349 e. The lowest BCUT2D eigenvalue weighted by atomic mass is 9.97. The Morgan fingerprint density at radius 1 is 1.36 bits per heavy atom. The highest BCUT2D eigenvalue weighted by Crippen LogP contribution is 2.23. The fraction of sp³-hybridized carbons (Fsp3) is 0.812. The summed E-state index contributed by atoms with van der Waals surface area (Å²) in [6, 6.07) is 0. The molecule has 3 rings (SSSR count). The minimum absolute atomic E-state index is 0.713. The second kappa shape index (κ2) is 6.67. The van der Waals surface area contributed by atoms with Gasteiger partial charge in [-0.2, -0.15) is 0 Å². The van der Waals surface area contributed by atoms with Crippen LogP contribution in [0.3, 0.4) is 0 Å². The van der Waals surface area contributed by atoms with Crippen molar-refractivity contribution in [3.8, 4) is 0 Å². The quantitative estimate of drug-likeness (QED) is 0.679. The highest BCUT2D eigenvalue weighted by Gasteiger charge is 2.25. The van der Waals surface area contributed by atoms with Gasteiger partial charge in [0.25, 0.3) is 0 Å². The summed E-state index contributed by atoms with van der Waals surface area (Å²) in [7, 11) is 1.87. The second-order valence-corrected chi connectivity index (χ2v) is 6.92. The summed E-state index contributed by atoms with van der Waals surface area (Å²) >= 11 is 0. The molecule has 122 valence electrons. The SMILES string of the molecule is CN=C(NCc1nnc2n1CCC2)N1CCC(CC(C)C)C1.